The van der Waals surface area contributed by atoms with Crippen LogP contribution in [-0.4, -0.2) is 17.6 Å². The van der Waals surface area contributed by atoms with Crippen LogP contribution in [0.4, 0.5) is 5.69 Å². The minimum atomic E-state index is 0.402. The van der Waals surface area contributed by atoms with E-state index in [1.807, 2.05) is 20.0 Å². The third kappa shape index (κ3) is 6.59. The van der Waals surface area contributed by atoms with Crippen molar-refractivity contribution in [3.05, 3.63) is 42.1 Å². The summed E-state index contributed by atoms with van der Waals surface area (Å²) in [5, 5.41) is 3.78. The molecule has 0 aromatic heterocycles. The van der Waals surface area contributed by atoms with Crippen LogP contribution in [0.25, 0.3) is 0 Å². The summed E-state index contributed by atoms with van der Waals surface area (Å²) in [7, 11) is 0. The molecule has 154 valence electrons. The van der Waals surface area contributed by atoms with Gasteiger partial charge in [0.2, 0.25) is 0 Å². The Morgan fingerprint density at radius 3 is 2.26 bits per heavy atom. The van der Waals surface area contributed by atoms with Gasteiger partial charge in [0.15, 0.2) is 0 Å². The summed E-state index contributed by atoms with van der Waals surface area (Å²) in [4.78, 5) is 2.44. The van der Waals surface area contributed by atoms with E-state index in [9.17, 15) is 0 Å². The predicted octanol–water partition coefficient (Wildman–Crippen LogP) is 7.39. The van der Waals surface area contributed by atoms with Crippen molar-refractivity contribution < 1.29 is 0 Å². The molecule has 27 heavy (non-hydrogen) atoms. The van der Waals surface area contributed by atoms with Crippen molar-refractivity contribution in [2.45, 2.75) is 92.7 Å². The van der Waals surface area contributed by atoms with Gasteiger partial charge in [-0.25, -0.2) is 0 Å². The van der Waals surface area contributed by atoms with Gasteiger partial charge < -0.3 is 10.2 Å². The number of hydrogen-bond donors (Lipinski definition) is 1. The van der Waals surface area contributed by atoms with E-state index in [1.54, 1.807) is 0 Å². The lowest BCUT2D eigenvalue weighted by molar-refractivity contribution is 0.0967. The number of piperidine rings is 1. The summed E-state index contributed by atoms with van der Waals surface area (Å²) < 4.78 is 0. The number of hydrogen-bond acceptors (Lipinski definition) is 2. The van der Waals surface area contributed by atoms with Crippen molar-refractivity contribution >= 4 is 5.69 Å². The standard InChI is InChI=1S/C20H30N2.C3H8.C2H6/c1-4-16-8-7-11-19(15(16)3)21-20-13-12-18(14-22(20)5-2)17-9-6-10-17;1-3-2;1-2/h5,7-8,11,17-18,20-21H,2,4,6,9-10,12-14H2,1,3H3;3H2,1-2H3;1-2H3/t18-,20?;;/m1../s1. The van der Waals surface area contributed by atoms with Gasteiger partial charge in [-0.3, -0.25) is 0 Å². The van der Waals surface area contributed by atoms with E-state index in [4.69, 9.17) is 0 Å². The minimum Gasteiger partial charge on any atom is -0.365 e. The van der Waals surface area contributed by atoms with Crippen LogP contribution < -0.4 is 5.32 Å². The molecule has 2 heteroatoms. The fraction of sp³-hybridized carbons (Fsp3) is 0.680. The third-order valence-electron chi connectivity index (χ3n) is 5.86. The molecule has 0 radical (unpaired) electrons. The van der Waals surface area contributed by atoms with Crippen molar-refractivity contribution in [3.8, 4) is 0 Å². The topological polar surface area (TPSA) is 15.3 Å². The molecule has 1 saturated carbocycles. The molecule has 2 atom stereocenters. The van der Waals surface area contributed by atoms with Crippen molar-refractivity contribution in [1.29, 1.82) is 0 Å². The van der Waals surface area contributed by atoms with Gasteiger partial charge in [-0.2, -0.15) is 0 Å². The molecular weight excluding hydrogens is 328 g/mol. The van der Waals surface area contributed by atoms with Crippen LogP contribution in [0, 0.1) is 18.8 Å². The van der Waals surface area contributed by atoms with Crippen LogP contribution >= 0.6 is 0 Å². The van der Waals surface area contributed by atoms with Gasteiger partial charge in [-0.05, 0) is 61.4 Å². The number of anilines is 1. The quantitative estimate of drug-likeness (QED) is 0.579. The van der Waals surface area contributed by atoms with E-state index in [-0.39, 0.29) is 0 Å². The maximum absolute atomic E-state index is 4.06. The molecule has 1 heterocycles. The smallest absolute Gasteiger partial charge is 0.0984 e. The maximum atomic E-state index is 4.06. The first-order valence-electron chi connectivity index (χ1n) is 11.4. The highest BCUT2D eigenvalue weighted by Gasteiger charge is 2.33. The molecule has 1 unspecified atom stereocenters. The van der Waals surface area contributed by atoms with Crippen LogP contribution in [0.15, 0.2) is 31.0 Å². The highest BCUT2D eigenvalue weighted by atomic mass is 15.3. The summed E-state index contributed by atoms with van der Waals surface area (Å²) in [5.41, 5.74) is 4.13. The molecule has 0 spiro atoms. The Hall–Kier alpha value is -1.44. The second kappa shape index (κ2) is 12.9. The monoisotopic (exact) mass is 372 g/mol. The molecule has 0 amide bonds. The van der Waals surface area contributed by atoms with Gasteiger partial charge >= 0.3 is 0 Å². The molecule has 2 fully saturated rings. The number of nitrogens with one attached hydrogen (secondary N) is 1. The number of rotatable bonds is 5. The first-order valence-corrected chi connectivity index (χ1v) is 11.4. The maximum Gasteiger partial charge on any atom is 0.0984 e. The summed E-state index contributed by atoms with van der Waals surface area (Å²) in [6, 6.07) is 6.62. The van der Waals surface area contributed by atoms with Crippen LogP contribution in [0.1, 0.15) is 84.3 Å². The molecule has 2 aliphatic rings. The second-order valence-electron chi connectivity index (χ2n) is 7.72. The molecule has 1 aliphatic heterocycles. The lowest BCUT2D eigenvalue weighted by atomic mass is 9.72. The van der Waals surface area contributed by atoms with E-state index in [2.05, 4.69) is 62.7 Å². The Morgan fingerprint density at radius 2 is 1.74 bits per heavy atom. The van der Waals surface area contributed by atoms with Crippen LogP contribution in [0.3, 0.4) is 0 Å². The molecule has 1 aromatic rings. The van der Waals surface area contributed by atoms with Gasteiger partial charge in [0.25, 0.3) is 0 Å². The van der Waals surface area contributed by atoms with Gasteiger partial charge in [0.1, 0.15) is 0 Å². The normalized spacial score (nSPS) is 21.8. The van der Waals surface area contributed by atoms with Gasteiger partial charge in [-0.1, -0.05) is 79.0 Å². The number of nitrogens with zero attached hydrogens (tertiary/aromatic N) is 1. The van der Waals surface area contributed by atoms with Gasteiger partial charge in [-0.15, -0.1) is 0 Å². The summed E-state index contributed by atoms with van der Waals surface area (Å²) in [6.07, 6.45) is 11.7. The molecule has 1 aliphatic carbocycles. The Kier molecular flexibility index (Phi) is 11.2. The van der Waals surface area contributed by atoms with Crippen LogP contribution in [0.5, 0.6) is 0 Å². The molecular formula is C25H44N2. The number of benzene rings is 1. The highest BCUT2D eigenvalue weighted by molar-refractivity contribution is 5.54. The summed E-state index contributed by atoms with van der Waals surface area (Å²) >= 11 is 0. The fourth-order valence-corrected chi connectivity index (χ4v) is 4.08. The van der Waals surface area contributed by atoms with Crippen LogP contribution in [-0.2, 0) is 6.42 Å². The average Bonchev–Trinajstić information content (AvgIpc) is 2.65. The van der Waals surface area contributed by atoms with E-state index < -0.39 is 0 Å². The van der Waals surface area contributed by atoms with E-state index >= 15 is 0 Å². The molecule has 0 bridgehead atoms. The van der Waals surface area contributed by atoms with Crippen molar-refractivity contribution in [3.63, 3.8) is 0 Å². The second-order valence-corrected chi connectivity index (χ2v) is 7.72. The average molecular weight is 373 g/mol. The fourth-order valence-electron chi connectivity index (χ4n) is 4.08. The molecule has 1 N–H and O–H groups in total. The molecule has 3 rings (SSSR count). The third-order valence-corrected chi connectivity index (χ3v) is 5.86. The minimum absolute atomic E-state index is 0.402. The summed E-state index contributed by atoms with van der Waals surface area (Å²) in [5.74, 6) is 1.86. The van der Waals surface area contributed by atoms with Crippen molar-refractivity contribution in [1.82, 2.24) is 4.90 Å². The zero-order valence-corrected chi connectivity index (χ0v) is 18.9. The zero-order chi connectivity index (χ0) is 20.2. The molecule has 1 aromatic carbocycles. The van der Waals surface area contributed by atoms with Crippen molar-refractivity contribution in [2.75, 3.05) is 11.9 Å². The Labute approximate surface area is 169 Å². The van der Waals surface area contributed by atoms with E-state index in [0.29, 0.717) is 6.17 Å². The van der Waals surface area contributed by atoms with Crippen LogP contribution in [0.2, 0.25) is 0 Å². The van der Waals surface area contributed by atoms with Gasteiger partial charge in [0, 0.05) is 12.2 Å². The largest absolute Gasteiger partial charge is 0.365 e. The lowest BCUT2D eigenvalue weighted by Crippen LogP contribution is -2.46. The van der Waals surface area contributed by atoms with E-state index in [0.717, 1.165) is 18.3 Å². The number of aryl methyl sites for hydroxylation is 1. The Balaban J connectivity index is 0.000000665. The number of likely N-dealkylation sites (tertiary alicyclic amines) is 1. The van der Waals surface area contributed by atoms with Gasteiger partial charge in [0.05, 0.1) is 6.17 Å². The first-order chi connectivity index (χ1) is 13.1. The first kappa shape index (κ1) is 23.6. The summed E-state index contributed by atoms with van der Waals surface area (Å²) in [6.45, 7) is 17.9. The van der Waals surface area contributed by atoms with Crippen molar-refractivity contribution in [2.24, 2.45) is 11.8 Å². The Bertz CT molecular complexity index is 533. The lowest BCUT2D eigenvalue weighted by Gasteiger charge is -2.45. The highest BCUT2D eigenvalue weighted by Crippen LogP contribution is 2.39. The van der Waals surface area contributed by atoms with E-state index in [1.165, 1.54) is 61.9 Å². The Morgan fingerprint density at radius 1 is 1.07 bits per heavy atom. The molecule has 1 saturated heterocycles. The predicted molar refractivity (Wildman–Crippen MR) is 122 cm³/mol. The SMILES string of the molecule is C=CN1C[C@H](C2CCC2)CCC1Nc1cccc(CC)c1C.CC.CCC. The zero-order valence-electron chi connectivity index (χ0n) is 18.9. The molecule has 2 nitrogen and oxygen atoms in total.